The van der Waals surface area contributed by atoms with Gasteiger partial charge in [0.25, 0.3) is 0 Å². The maximum atomic E-state index is 12.1. The van der Waals surface area contributed by atoms with Crippen LogP contribution >= 0.6 is 0 Å². The Labute approximate surface area is 258 Å². The first kappa shape index (κ1) is 39.9. The number of allylic oxidation sites excluding steroid dienone is 8. The van der Waals surface area contributed by atoms with E-state index >= 15 is 0 Å². The number of hydrogen-bond acceptors (Lipinski definition) is 5. The molecule has 0 saturated heterocycles. The molecule has 242 valence electrons. The van der Waals surface area contributed by atoms with Crippen LogP contribution in [0.2, 0.25) is 0 Å². The van der Waals surface area contributed by atoms with Gasteiger partial charge < -0.3 is 14.6 Å². The molecule has 0 amide bonds. The van der Waals surface area contributed by atoms with Crippen molar-refractivity contribution in [3.63, 3.8) is 0 Å². The van der Waals surface area contributed by atoms with Crippen molar-refractivity contribution in [1.29, 1.82) is 0 Å². The van der Waals surface area contributed by atoms with Crippen molar-refractivity contribution in [1.82, 2.24) is 0 Å². The highest BCUT2D eigenvalue weighted by molar-refractivity contribution is 5.70. The van der Waals surface area contributed by atoms with Crippen LogP contribution in [0.1, 0.15) is 155 Å². The summed E-state index contributed by atoms with van der Waals surface area (Å²) in [5.41, 5.74) is 0. The van der Waals surface area contributed by atoms with Gasteiger partial charge in [-0.15, -0.1) is 0 Å². The molecule has 5 nitrogen and oxygen atoms in total. The topological polar surface area (TPSA) is 72.8 Å². The molecule has 0 rings (SSSR count). The van der Waals surface area contributed by atoms with Gasteiger partial charge in [-0.1, -0.05) is 140 Å². The maximum Gasteiger partial charge on any atom is 0.306 e. The molecule has 1 N–H and O–H groups in total. The van der Waals surface area contributed by atoms with Gasteiger partial charge in [0.15, 0.2) is 6.10 Å². The predicted octanol–water partition coefficient (Wildman–Crippen LogP) is 10.3. The van der Waals surface area contributed by atoms with Gasteiger partial charge in [-0.3, -0.25) is 9.59 Å². The molecule has 0 bridgehead atoms. The highest BCUT2D eigenvalue weighted by Crippen LogP contribution is 2.13. The van der Waals surface area contributed by atoms with Crippen LogP contribution in [0, 0.1) is 0 Å². The van der Waals surface area contributed by atoms with Crippen LogP contribution in [0.4, 0.5) is 0 Å². The van der Waals surface area contributed by atoms with Crippen LogP contribution in [0.5, 0.6) is 0 Å². The second-order valence-electron chi connectivity index (χ2n) is 11.2. The molecule has 1 unspecified atom stereocenters. The van der Waals surface area contributed by atoms with Crippen LogP contribution in [0.25, 0.3) is 0 Å². The molecular weight excluding hydrogens is 524 g/mol. The summed E-state index contributed by atoms with van der Waals surface area (Å²) in [6, 6.07) is 0. The van der Waals surface area contributed by atoms with E-state index in [1.165, 1.54) is 64.2 Å². The lowest BCUT2D eigenvalue weighted by atomic mass is 10.0. The molecule has 0 aromatic heterocycles. The second-order valence-corrected chi connectivity index (χ2v) is 11.2. The summed E-state index contributed by atoms with van der Waals surface area (Å²) in [5.74, 6) is -0.641. The number of aliphatic hydroxyl groups is 1. The van der Waals surface area contributed by atoms with E-state index < -0.39 is 6.10 Å². The van der Waals surface area contributed by atoms with Gasteiger partial charge >= 0.3 is 11.9 Å². The van der Waals surface area contributed by atoms with E-state index in [-0.39, 0.29) is 25.2 Å². The number of carbonyl (C=O) groups is 2. The first-order valence-corrected chi connectivity index (χ1v) is 17.2. The maximum absolute atomic E-state index is 12.1. The van der Waals surface area contributed by atoms with Crippen molar-refractivity contribution in [2.75, 3.05) is 13.2 Å². The van der Waals surface area contributed by atoms with Gasteiger partial charge in [0, 0.05) is 12.8 Å². The third kappa shape index (κ3) is 30.8. The Morgan fingerprint density at radius 1 is 0.571 bits per heavy atom. The Bertz CT molecular complexity index is 722. The quantitative estimate of drug-likeness (QED) is 0.0513. The minimum atomic E-state index is -0.784. The fraction of sp³-hybridized carbons (Fsp3) is 0.730. The van der Waals surface area contributed by atoms with Gasteiger partial charge in [0.05, 0.1) is 6.61 Å². The van der Waals surface area contributed by atoms with Crippen molar-refractivity contribution in [3.05, 3.63) is 48.6 Å². The Morgan fingerprint density at radius 2 is 1.02 bits per heavy atom. The van der Waals surface area contributed by atoms with Crippen LogP contribution in [0.3, 0.4) is 0 Å². The second kappa shape index (κ2) is 33.4. The van der Waals surface area contributed by atoms with Gasteiger partial charge in [-0.2, -0.15) is 0 Å². The zero-order valence-electron chi connectivity index (χ0n) is 27.2. The van der Waals surface area contributed by atoms with E-state index in [0.717, 1.165) is 64.2 Å². The molecule has 0 heterocycles. The summed E-state index contributed by atoms with van der Waals surface area (Å²) < 4.78 is 10.5. The van der Waals surface area contributed by atoms with E-state index in [1.807, 2.05) is 0 Å². The lowest BCUT2D eigenvalue weighted by Crippen LogP contribution is -2.28. The molecule has 0 spiro atoms. The zero-order valence-corrected chi connectivity index (χ0v) is 27.2. The fourth-order valence-electron chi connectivity index (χ4n) is 4.54. The van der Waals surface area contributed by atoms with Crippen molar-refractivity contribution < 1.29 is 24.2 Å². The van der Waals surface area contributed by atoms with Crippen LogP contribution < -0.4 is 0 Å². The Kier molecular flexibility index (Phi) is 31.7. The number of rotatable bonds is 30. The highest BCUT2D eigenvalue weighted by atomic mass is 16.6. The van der Waals surface area contributed by atoms with Crippen LogP contribution in [0.15, 0.2) is 48.6 Å². The van der Waals surface area contributed by atoms with E-state index in [0.29, 0.717) is 12.8 Å². The summed E-state index contributed by atoms with van der Waals surface area (Å²) in [6.45, 7) is 3.97. The van der Waals surface area contributed by atoms with E-state index in [2.05, 4.69) is 62.5 Å². The van der Waals surface area contributed by atoms with E-state index in [4.69, 9.17) is 9.47 Å². The normalized spacial score (nSPS) is 12.7. The molecule has 0 aliphatic rings. The number of ether oxygens (including phenoxy) is 2. The van der Waals surface area contributed by atoms with E-state index in [1.54, 1.807) is 0 Å². The summed E-state index contributed by atoms with van der Waals surface area (Å²) >= 11 is 0. The van der Waals surface area contributed by atoms with Crippen LogP contribution in [-0.4, -0.2) is 36.4 Å². The number of esters is 2. The molecule has 0 aliphatic heterocycles. The van der Waals surface area contributed by atoms with Gasteiger partial charge in [0.2, 0.25) is 0 Å². The molecule has 1 atom stereocenters. The average molecular weight is 589 g/mol. The summed E-state index contributed by atoms with van der Waals surface area (Å²) in [5, 5.41) is 9.50. The molecular formula is C37H64O5. The molecule has 0 radical (unpaired) electrons. The first-order chi connectivity index (χ1) is 20.6. The molecule has 0 fully saturated rings. The van der Waals surface area contributed by atoms with Gasteiger partial charge in [0.1, 0.15) is 6.61 Å². The summed E-state index contributed by atoms with van der Waals surface area (Å²) in [7, 11) is 0. The average Bonchev–Trinajstić information content (AvgIpc) is 2.99. The number of aliphatic hydroxyl groups excluding tert-OH is 1. The van der Waals surface area contributed by atoms with Crippen molar-refractivity contribution in [2.24, 2.45) is 0 Å². The zero-order chi connectivity index (χ0) is 30.8. The highest BCUT2D eigenvalue weighted by Gasteiger charge is 2.16. The lowest BCUT2D eigenvalue weighted by Gasteiger charge is -2.15. The summed E-state index contributed by atoms with van der Waals surface area (Å²) in [6.07, 6.45) is 40.2. The Morgan fingerprint density at radius 3 is 1.55 bits per heavy atom. The first-order valence-electron chi connectivity index (χ1n) is 17.2. The van der Waals surface area contributed by atoms with Crippen molar-refractivity contribution >= 4 is 11.9 Å². The number of carbonyl (C=O) groups excluding carboxylic acids is 2. The Balaban J connectivity index is 3.66. The largest absolute Gasteiger partial charge is 0.462 e. The molecule has 5 heteroatoms. The number of hydrogen-bond donors (Lipinski definition) is 1. The predicted molar refractivity (Wildman–Crippen MR) is 177 cm³/mol. The standard InChI is InChI=1S/C37H64O5/c1-3-5-7-9-11-13-15-17-18-20-21-23-25-27-29-31-36(39)41-34-35(33-38)42-37(40)32-30-28-26-24-22-19-16-14-12-10-8-6-4-2/h5,7,11,13,17-18,21,23,35,38H,3-4,6,8-10,12,14-16,19-20,22,24-34H2,1-2H3. The smallest absolute Gasteiger partial charge is 0.306 e. The Hall–Kier alpha value is -2.14. The molecule has 0 aliphatic carbocycles. The fourth-order valence-corrected chi connectivity index (χ4v) is 4.54. The summed E-state index contributed by atoms with van der Waals surface area (Å²) in [4.78, 5) is 24.1. The van der Waals surface area contributed by atoms with E-state index in [9.17, 15) is 14.7 Å². The number of unbranched alkanes of at least 4 members (excludes halogenated alkanes) is 14. The third-order valence-electron chi connectivity index (χ3n) is 7.14. The van der Waals surface area contributed by atoms with Gasteiger partial charge in [-0.05, 0) is 51.4 Å². The SMILES string of the molecule is CCC=CCC=CCC=CCC=CCCCCC(=O)OCC(CO)OC(=O)CCCCCCCCCCCCCCC. The molecule has 0 aromatic rings. The van der Waals surface area contributed by atoms with Crippen molar-refractivity contribution in [3.8, 4) is 0 Å². The third-order valence-corrected chi connectivity index (χ3v) is 7.14. The molecule has 42 heavy (non-hydrogen) atoms. The molecule has 0 aromatic carbocycles. The minimum Gasteiger partial charge on any atom is -0.462 e. The van der Waals surface area contributed by atoms with Crippen molar-refractivity contribution in [2.45, 2.75) is 161 Å². The van der Waals surface area contributed by atoms with Gasteiger partial charge in [-0.25, -0.2) is 0 Å². The minimum absolute atomic E-state index is 0.0868. The van der Waals surface area contributed by atoms with Crippen LogP contribution in [-0.2, 0) is 19.1 Å². The lowest BCUT2D eigenvalue weighted by molar-refractivity contribution is -0.161. The molecule has 0 saturated carbocycles. The monoisotopic (exact) mass is 588 g/mol.